The van der Waals surface area contributed by atoms with E-state index in [0.717, 1.165) is 5.56 Å². The Morgan fingerprint density at radius 2 is 1.68 bits per heavy atom. The van der Waals surface area contributed by atoms with Gasteiger partial charge in [0.2, 0.25) is 5.01 Å². The van der Waals surface area contributed by atoms with Crippen LogP contribution >= 0.6 is 15.9 Å². The smallest absolute Gasteiger partial charge is 0.211 e. The number of benzene rings is 2. The number of carbonyl (C=O) groups is 1. The second-order valence-corrected chi connectivity index (χ2v) is 7.27. The number of carbonyl (C=O) groups excluding carboxylic acids is 1. The van der Waals surface area contributed by atoms with E-state index in [4.69, 9.17) is 4.74 Å². The van der Waals surface area contributed by atoms with Crippen molar-refractivity contribution in [1.82, 2.24) is 0 Å². The van der Waals surface area contributed by atoms with Gasteiger partial charge < -0.3 is 4.74 Å². The highest BCUT2D eigenvalue weighted by Gasteiger charge is 2.29. The number of hydrogen-bond acceptors (Lipinski definition) is 2. The molecule has 1 atom stereocenters. The summed E-state index contributed by atoms with van der Waals surface area (Å²) in [4.78, 5) is 12.1. The number of Topliss-reactive ketones (excluding diaryl/α,β-unsaturated/α-hetero) is 1. The predicted octanol–water partition coefficient (Wildman–Crippen LogP) is 5.38. The van der Waals surface area contributed by atoms with E-state index in [1.54, 1.807) is 0 Å². The minimum atomic E-state index is -0.627. The van der Waals surface area contributed by atoms with Gasteiger partial charge in [-0.25, -0.2) is 0 Å². The van der Waals surface area contributed by atoms with Gasteiger partial charge in [-0.2, -0.15) is 0 Å². The second kappa shape index (κ2) is 6.66. The molecule has 22 heavy (non-hydrogen) atoms. The zero-order valence-corrected chi connectivity index (χ0v) is 15.0. The van der Waals surface area contributed by atoms with Crippen LogP contribution in [0.5, 0.6) is 5.75 Å². The maximum atomic E-state index is 12.1. The van der Waals surface area contributed by atoms with E-state index >= 15 is 0 Å². The van der Waals surface area contributed by atoms with E-state index < -0.39 is 10.4 Å². The second-order valence-electron chi connectivity index (χ2n) is 6.44. The van der Waals surface area contributed by atoms with Crippen molar-refractivity contribution < 1.29 is 9.53 Å². The molecule has 2 nitrogen and oxygen atoms in total. The summed E-state index contributed by atoms with van der Waals surface area (Å²) in [5.41, 5.74) is 3.10. The Balaban J connectivity index is 2.11. The average Bonchev–Trinajstić information content (AvgIpc) is 2.46. The summed E-state index contributed by atoms with van der Waals surface area (Å²) < 4.78 is 5.68. The van der Waals surface area contributed by atoms with Crippen molar-refractivity contribution in [2.45, 2.75) is 32.7 Å². The zero-order chi connectivity index (χ0) is 16.3. The van der Waals surface area contributed by atoms with E-state index in [0.29, 0.717) is 5.75 Å². The summed E-state index contributed by atoms with van der Waals surface area (Å²) in [6.45, 7) is 7.73. The van der Waals surface area contributed by atoms with Gasteiger partial charge in [0.05, 0.1) is 0 Å². The lowest BCUT2D eigenvalue weighted by Crippen LogP contribution is -2.32. The maximum Gasteiger partial charge on any atom is 0.211 e. The minimum absolute atomic E-state index is 0.0234. The highest BCUT2D eigenvalue weighted by atomic mass is 79.9. The largest absolute Gasteiger partial charge is 0.471 e. The Morgan fingerprint density at radius 1 is 1.05 bits per heavy atom. The molecule has 0 radical (unpaired) electrons. The van der Waals surface area contributed by atoms with Crippen molar-refractivity contribution in [3.05, 3.63) is 54.1 Å². The predicted molar refractivity (Wildman–Crippen MR) is 94.4 cm³/mol. The third kappa shape index (κ3) is 4.20. The number of rotatable bonds is 4. The van der Waals surface area contributed by atoms with Crippen LogP contribution in [-0.4, -0.2) is 10.8 Å². The molecule has 0 spiro atoms. The van der Waals surface area contributed by atoms with Crippen molar-refractivity contribution in [2.24, 2.45) is 5.41 Å². The summed E-state index contributed by atoms with van der Waals surface area (Å²) in [7, 11) is 0. The standard InChI is InChI=1S/C19H21BrO2/c1-13-6-5-7-15(12-13)14-8-10-16(11-9-14)22-18(20)17(21)19(2,3)4/h5-12,18H,1-4H3. The fraction of sp³-hybridized carbons (Fsp3) is 0.316. The Labute approximate surface area is 140 Å². The van der Waals surface area contributed by atoms with Gasteiger partial charge in [0.15, 0.2) is 5.78 Å². The first-order valence-electron chi connectivity index (χ1n) is 7.29. The third-order valence-electron chi connectivity index (χ3n) is 3.39. The van der Waals surface area contributed by atoms with Crippen molar-refractivity contribution in [2.75, 3.05) is 0 Å². The van der Waals surface area contributed by atoms with Crippen molar-refractivity contribution in [3.63, 3.8) is 0 Å². The van der Waals surface area contributed by atoms with Crippen LogP contribution < -0.4 is 4.74 Å². The molecule has 2 aromatic carbocycles. The molecule has 0 aliphatic heterocycles. The molecule has 0 N–H and O–H groups in total. The number of alkyl halides is 1. The lowest BCUT2D eigenvalue weighted by molar-refractivity contribution is -0.129. The molecule has 116 valence electrons. The summed E-state index contributed by atoms with van der Waals surface area (Å²) >= 11 is 3.32. The molecule has 0 fully saturated rings. The first-order chi connectivity index (χ1) is 10.3. The maximum absolute atomic E-state index is 12.1. The number of ether oxygens (including phenoxy) is 1. The van der Waals surface area contributed by atoms with E-state index in [1.807, 2.05) is 51.1 Å². The van der Waals surface area contributed by atoms with Crippen molar-refractivity contribution >= 4 is 21.7 Å². The average molecular weight is 361 g/mol. The van der Waals surface area contributed by atoms with E-state index in [1.165, 1.54) is 11.1 Å². The lowest BCUT2D eigenvalue weighted by atomic mass is 9.91. The fourth-order valence-electron chi connectivity index (χ4n) is 2.06. The highest BCUT2D eigenvalue weighted by Crippen LogP contribution is 2.26. The monoisotopic (exact) mass is 360 g/mol. The third-order valence-corrected chi connectivity index (χ3v) is 3.99. The van der Waals surface area contributed by atoms with Gasteiger partial charge in [-0.3, -0.25) is 4.79 Å². The van der Waals surface area contributed by atoms with Gasteiger partial charge in [-0.15, -0.1) is 0 Å². The summed E-state index contributed by atoms with van der Waals surface area (Å²) in [6.07, 6.45) is 0. The van der Waals surface area contributed by atoms with Gasteiger partial charge in [0.25, 0.3) is 0 Å². The quantitative estimate of drug-likeness (QED) is 0.684. The van der Waals surface area contributed by atoms with E-state index in [9.17, 15) is 4.79 Å². The van der Waals surface area contributed by atoms with Crippen LogP contribution in [0, 0.1) is 12.3 Å². The summed E-state index contributed by atoms with van der Waals surface area (Å²) in [5, 5.41) is -0.627. The van der Waals surface area contributed by atoms with Crippen LogP contribution in [0.2, 0.25) is 0 Å². The van der Waals surface area contributed by atoms with Crippen LogP contribution in [0.3, 0.4) is 0 Å². The molecule has 1 unspecified atom stereocenters. The van der Waals surface area contributed by atoms with Crippen LogP contribution in [0.15, 0.2) is 48.5 Å². The Hall–Kier alpha value is -1.61. The Morgan fingerprint density at radius 3 is 2.23 bits per heavy atom. The molecule has 0 amide bonds. The molecule has 0 saturated heterocycles. The molecular formula is C19H21BrO2. The first-order valence-corrected chi connectivity index (χ1v) is 8.21. The van der Waals surface area contributed by atoms with Gasteiger partial charge in [-0.1, -0.05) is 62.7 Å². The molecule has 2 rings (SSSR count). The number of halogens is 1. The van der Waals surface area contributed by atoms with Crippen LogP contribution in [0.4, 0.5) is 0 Å². The lowest BCUT2D eigenvalue weighted by Gasteiger charge is -2.21. The van der Waals surface area contributed by atoms with Crippen LogP contribution in [0.1, 0.15) is 26.3 Å². The molecule has 0 bridgehead atoms. The topological polar surface area (TPSA) is 26.3 Å². The van der Waals surface area contributed by atoms with Gasteiger partial charge in [-0.05, 0) is 46.1 Å². The van der Waals surface area contributed by atoms with Gasteiger partial charge in [0.1, 0.15) is 5.75 Å². The number of aryl methyl sites for hydroxylation is 1. The van der Waals surface area contributed by atoms with E-state index in [2.05, 4.69) is 41.1 Å². The number of hydrogen-bond donors (Lipinski definition) is 0. The normalized spacial score (nSPS) is 12.8. The molecular weight excluding hydrogens is 340 g/mol. The van der Waals surface area contributed by atoms with Crippen LogP contribution in [-0.2, 0) is 4.79 Å². The SMILES string of the molecule is Cc1cccc(-c2ccc(OC(Br)C(=O)C(C)(C)C)cc2)c1. The molecule has 0 aromatic heterocycles. The van der Waals surface area contributed by atoms with Crippen molar-refractivity contribution in [1.29, 1.82) is 0 Å². The highest BCUT2D eigenvalue weighted by molar-refractivity contribution is 9.09. The fourth-order valence-corrected chi connectivity index (χ4v) is 2.97. The van der Waals surface area contributed by atoms with Crippen LogP contribution in [0.25, 0.3) is 11.1 Å². The van der Waals surface area contributed by atoms with Gasteiger partial charge >= 0.3 is 0 Å². The summed E-state index contributed by atoms with van der Waals surface area (Å²) in [6, 6.07) is 16.1. The Kier molecular flexibility index (Phi) is 5.07. The summed E-state index contributed by atoms with van der Waals surface area (Å²) in [5.74, 6) is 0.700. The van der Waals surface area contributed by atoms with Crippen molar-refractivity contribution in [3.8, 4) is 16.9 Å². The van der Waals surface area contributed by atoms with Gasteiger partial charge in [0, 0.05) is 5.41 Å². The molecule has 0 heterocycles. The van der Waals surface area contributed by atoms with E-state index in [-0.39, 0.29) is 5.78 Å². The molecule has 0 saturated carbocycles. The first kappa shape index (κ1) is 16.8. The Bertz CT molecular complexity index is 654. The molecule has 0 aliphatic carbocycles. The zero-order valence-electron chi connectivity index (χ0n) is 13.4. The molecule has 0 aliphatic rings. The number of ketones is 1. The molecule has 3 heteroatoms. The minimum Gasteiger partial charge on any atom is -0.471 e. The molecule has 2 aromatic rings.